The lowest BCUT2D eigenvalue weighted by Gasteiger charge is -2.31. The van der Waals surface area contributed by atoms with Gasteiger partial charge in [0.1, 0.15) is 0 Å². The van der Waals surface area contributed by atoms with E-state index in [1.165, 1.54) is 32.1 Å². The topological polar surface area (TPSA) is 15.3 Å². The molecule has 1 N–H and O–H groups in total. The van der Waals surface area contributed by atoms with Gasteiger partial charge < -0.3 is 10.2 Å². The van der Waals surface area contributed by atoms with Crippen LogP contribution >= 0.6 is 12.2 Å². The van der Waals surface area contributed by atoms with Crippen LogP contribution in [-0.2, 0) is 0 Å². The lowest BCUT2D eigenvalue weighted by Crippen LogP contribution is -2.45. The first-order valence-electron chi connectivity index (χ1n) is 6.34. The van der Waals surface area contributed by atoms with E-state index >= 15 is 0 Å². The predicted octanol–water partition coefficient (Wildman–Crippen LogP) is 2.93. The van der Waals surface area contributed by atoms with Crippen molar-refractivity contribution in [3.8, 4) is 0 Å². The molecule has 1 saturated heterocycles. The van der Waals surface area contributed by atoms with Crippen LogP contribution in [0.4, 0.5) is 0 Å². The molecule has 1 rings (SSSR count). The highest BCUT2D eigenvalue weighted by atomic mass is 32.1. The molecule has 0 aromatic carbocycles. The zero-order chi connectivity index (χ0) is 11.1. The smallest absolute Gasteiger partial charge is 0.169 e. The molecule has 0 bridgehead atoms. The number of hydrogen-bond donors (Lipinski definition) is 1. The molecule has 2 nitrogen and oxygen atoms in total. The van der Waals surface area contributed by atoms with Crippen LogP contribution in [0.5, 0.6) is 0 Å². The van der Waals surface area contributed by atoms with Gasteiger partial charge in [0.2, 0.25) is 0 Å². The van der Waals surface area contributed by atoms with Gasteiger partial charge in [-0.25, -0.2) is 0 Å². The van der Waals surface area contributed by atoms with Crippen molar-refractivity contribution >= 4 is 17.3 Å². The van der Waals surface area contributed by atoms with Crippen molar-refractivity contribution in [2.45, 2.75) is 58.4 Å². The summed E-state index contributed by atoms with van der Waals surface area (Å²) in [5.74, 6) is 0. The second kappa shape index (κ2) is 7.04. The summed E-state index contributed by atoms with van der Waals surface area (Å²) < 4.78 is 0. The van der Waals surface area contributed by atoms with Gasteiger partial charge in [-0.15, -0.1) is 0 Å². The van der Waals surface area contributed by atoms with Crippen LogP contribution in [0.15, 0.2) is 0 Å². The van der Waals surface area contributed by atoms with Gasteiger partial charge in [-0.3, -0.25) is 0 Å². The van der Waals surface area contributed by atoms with Crippen molar-refractivity contribution in [2.75, 3.05) is 13.1 Å². The third-order valence-electron chi connectivity index (χ3n) is 3.14. The number of likely N-dealkylation sites (tertiary alicyclic amines) is 1. The minimum atomic E-state index is 0.671. The standard InChI is InChI=1S/C12H24N2S/c1-3-9-13-12(15)14-10-7-5-6-8-11(14)4-2/h11H,3-10H2,1-2H3,(H,13,15). The Morgan fingerprint density at radius 3 is 2.80 bits per heavy atom. The van der Waals surface area contributed by atoms with Crippen LogP contribution in [-0.4, -0.2) is 29.1 Å². The van der Waals surface area contributed by atoms with E-state index in [0.717, 1.165) is 24.6 Å². The van der Waals surface area contributed by atoms with E-state index in [1.807, 2.05) is 0 Å². The molecule has 1 unspecified atom stereocenters. The summed E-state index contributed by atoms with van der Waals surface area (Å²) in [7, 11) is 0. The van der Waals surface area contributed by atoms with Crippen molar-refractivity contribution in [1.29, 1.82) is 0 Å². The first-order valence-corrected chi connectivity index (χ1v) is 6.74. The maximum Gasteiger partial charge on any atom is 0.169 e. The summed E-state index contributed by atoms with van der Waals surface area (Å²) in [5.41, 5.74) is 0. The average Bonchev–Trinajstić information content (AvgIpc) is 2.50. The zero-order valence-corrected chi connectivity index (χ0v) is 10.9. The molecule has 1 aliphatic rings. The van der Waals surface area contributed by atoms with E-state index in [1.54, 1.807) is 0 Å². The molecular weight excluding hydrogens is 204 g/mol. The molecule has 0 saturated carbocycles. The molecule has 1 atom stereocenters. The Morgan fingerprint density at radius 2 is 2.13 bits per heavy atom. The van der Waals surface area contributed by atoms with E-state index in [2.05, 4.69) is 24.1 Å². The predicted molar refractivity (Wildman–Crippen MR) is 70.1 cm³/mol. The fraction of sp³-hybridized carbons (Fsp3) is 0.917. The highest BCUT2D eigenvalue weighted by Crippen LogP contribution is 2.19. The lowest BCUT2D eigenvalue weighted by molar-refractivity contribution is 0.303. The fourth-order valence-electron chi connectivity index (χ4n) is 2.20. The number of nitrogens with one attached hydrogen (secondary N) is 1. The monoisotopic (exact) mass is 228 g/mol. The van der Waals surface area contributed by atoms with Gasteiger partial charge in [-0.1, -0.05) is 26.7 Å². The number of nitrogens with zero attached hydrogens (tertiary/aromatic N) is 1. The molecule has 0 amide bonds. The molecule has 3 heteroatoms. The maximum atomic E-state index is 5.46. The summed E-state index contributed by atoms with van der Waals surface area (Å²) in [5, 5.41) is 4.33. The van der Waals surface area contributed by atoms with E-state index < -0.39 is 0 Å². The van der Waals surface area contributed by atoms with Gasteiger partial charge in [-0.05, 0) is 37.9 Å². The lowest BCUT2D eigenvalue weighted by atomic mass is 10.1. The van der Waals surface area contributed by atoms with Gasteiger partial charge >= 0.3 is 0 Å². The van der Waals surface area contributed by atoms with Crippen LogP contribution in [0.25, 0.3) is 0 Å². The van der Waals surface area contributed by atoms with Gasteiger partial charge in [0, 0.05) is 19.1 Å². The van der Waals surface area contributed by atoms with Crippen LogP contribution in [0.2, 0.25) is 0 Å². The molecule has 0 aliphatic carbocycles. The Morgan fingerprint density at radius 1 is 1.33 bits per heavy atom. The third kappa shape index (κ3) is 3.98. The van der Waals surface area contributed by atoms with Gasteiger partial charge in [0.05, 0.1) is 0 Å². The van der Waals surface area contributed by atoms with E-state index in [4.69, 9.17) is 12.2 Å². The minimum absolute atomic E-state index is 0.671. The molecule has 0 aromatic rings. The largest absolute Gasteiger partial charge is 0.363 e. The van der Waals surface area contributed by atoms with Gasteiger partial charge in [0.15, 0.2) is 5.11 Å². The Kier molecular flexibility index (Phi) is 5.99. The van der Waals surface area contributed by atoms with Crippen molar-refractivity contribution < 1.29 is 0 Å². The molecule has 88 valence electrons. The maximum absolute atomic E-state index is 5.46. The Hall–Kier alpha value is -0.310. The summed E-state index contributed by atoms with van der Waals surface area (Å²) in [4.78, 5) is 2.41. The fourth-order valence-corrected chi connectivity index (χ4v) is 2.55. The quantitative estimate of drug-likeness (QED) is 0.748. The van der Waals surface area contributed by atoms with Crippen LogP contribution in [0.3, 0.4) is 0 Å². The molecule has 15 heavy (non-hydrogen) atoms. The molecule has 0 radical (unpaired) electrons. The highest BCUT2D eigenvalue weighted by molar-refractivity contribution is 7.80. The van der Waals surface area contributed by atoms with Gasteiger partial charge in [-0.2, -0.15) is 0 Å². The first-order chi connectivity index (χ1) is 7.29. The minimum Gasteiger partial charge on any atom is -0.363 e. The Balaban J connectivity index is 2.49. The first kappa shape index (κ1) is 12.8. The normalized spacial score (nSPS) is 22.3. The third-order valence-corrected chi connectivity index (χ3v) is 3.51. The second-order valence-electron chi connectivity index (χ2n) is 4.34. The summed E-state index contributed by atoms with van der Waals surface area (Å²) in [6, 6.07) is 0.671. The second-order valence-corrected chi connectivity index (χ2v) is 4.72. The van der Waals surface area contributed by atoms with Crippen molar-refractivity contribution in [3.05, 3.63) is 0 Å². The summed E-state index contributed by atoms with van der Waals surface area (Å²) >= 11 is 5.46. The summed E-state index contributed by atoms with van der Waals surface area (Å²) in [6.07, 6.45) is 7.70. The van der Waals surface area contributed by atoms with Crippen LogP contribution in [0, 0.1) is 0 Å². The van der Waals surface area contributed by atoms with Crippen molar-refractivity contribution in [2.24, 2.45) is 0 Å². The molecule has 1 fully saturated rings. The Labute approximate surface area is 99.4 Å². The van der Waals surface area contributed by atoms with Crippen molar-refractivity contribution in [1.82, 2.24) is 10.2 Å². The van der Waals surface area contributed by atoms with E-state index in [9.17, 15) is 0 Å². The van der Waals surface area contributed by atoms with Crippen LogP contribution < -0.4 is 5.32 Å². The SMILES string of the molecule is CCCNC(=S)N1CCCCCC1CC. The number of thiocarbonyl (C=S) groups is 1. The zero-order valence-electron chi connectivity index (χ0n) is 10.1. The van der Waals surface area contributed by atoms with E-state index in [-0.39, 0.29) is 0 Å². The number of rotatable bonds is 3. The van der Waals surface area contributed by atoms with Crippen molar-refractivity contribution in [3.63, 3.8) is 0 Å². The Bertz CT molecular complexity index is 194. The molecule has 0 aromatic heterocycles. The average molecular weight is 228 g/mol. The highest BCUT2D eigenvalue weighted by Gasteiger charge is 2.20. The molecule has 0 spiro atoms. The molecule has 1 aliphatic heterocycles. The van der Waals surface area contributed by atoms with E-state index in [0.29, 0.717) is 6.04 Å². The molecular formula is C12H24N2S. The molecule has 1 heterocycles. The van der Waals surface area contributed by atoms with Crippen LogP contribution in [0.1, 0.15) is 52.4 Å². The van der Waals surface area contributed by atoms with Gasteiger partial charge in [0.25, 0.3) is 0 Å². The summed E-state index contributed by atoms with van der Waals surface area (Å²) in [6.45, 7) is 6.60. The number of hydrogen-bond acceptors (Lipinski definition) is 1.